The summed E-state index contributed by atoms with van der Waals surface area (Å²) in [5.41, 5.74) is 0.704. The average molecular weight is 356 g/mol. The smallest absolute Gasteiger partial charge is 0.310 e. The molecule has 0 radical (unpaired) electrons. The zero-order valence-electron chi connectivity index (χ0n) is 14.7. The van der Waals surface area contributed by atoms with Crippen molar-refractivity contribution in [2.24, 2.45) is 0 Å². The molecule has 0 amide bonds. The van der Waals surface area contributed by atoms with Gasteiger partial charge in [0.05, 0.1) is 26.2 Å². The summed E-state index contributed by atoms with van der Waals surface area (Å²) in [5.74, 6) is -0.291. The van der Waals surface area contributed by atoms with Crippen molar-refractivity contribution in [3.8, 4) is 17.2 Å². The fraction of sp³-hybridized carbons (Fsp3) is 0.200. The third-order valence-electron chi connectivity index (χ3n) is 3.68. The van der Waals surface area contributed by atoms with Crippen LogP contribution in [-0.4, -0.2) is 37.7 Å². The summed E-state index contributed by atoms with van der Waals surface area (Å²) < 4.78 is 15.2. The Kier molecular flexibility index (Phi) is 6.38. The van der Waals surface area contributed by atoms with Crippen LogP contribution in [0.2, 0.25) is 0 Å². The first-order valence-corrected chi connectivity index (χ1v) is 7.85. The summed E-state index contributed by atoms with van der Waals surface area (Å²) in [6.45, 7) is 3.78. The number of phenols is 1. The molecule has 0 aliphatic rings. The molecule has 0 heterocycles. The maximum absolute atomic E-state index is 12.9. The van der Waals surface area contributed by atoms with Crippen LogP contribution in [0.5, 0.6) is 17.2 Å². The SMILES string of the molecule is C=CCOc1cc(O)c(C(=O)c2ccc(OC)cc2)c(CC(=O)OC)c1. The lowest BCUT2D eigenvalue weighted by atomic mass is 9.95. The molecule has 0 atom stereocenters. The highest BCUT2D eigenvalue weighted by atomic mass is 16.5. The van der Waals surface area contributed by atoms with Gasteiger partial charge in [0.25, 0.3) is 0 Å². The normalized spacial score (nSPS) is 10.1. The number of ketones is 1. The average Bonchev–Trinajstić information content (AvgIpc) is 2.65. The van der Waals surface area contributed by atoms with E-state index in [9.17, 15) is 14.7 Å². The van der Waals surface area contributed by atoms with Crippen LogP contribution in [0.25, 0.3) is 0 Å². The molecule has 0 spiro atoms. The number of ether oxygens (including phenoxy) is 3. The predicted octanol–water partition coefficient (Wildman–Crippen LogP) is 2.91. The van der Waals surface area contributed by atoms with Gasteiger partial charge < -0.3 is 19.3 Å². The number of benzene rings is 2. The molecule has 0 aliphatic carbocycles. The topological polar surface area (TPSA) is 82.1 Å². The highest BCUT2D eigenvalue weighted by molar-refractivity contribution is 6.12. The first-order chi connectivity index (χ1) is 12.5. The minimum atomic E-state index is -0.533. The number of aromatic hydroxyl groups is 1. The van der Waals surface area contributed by atoms with Gasteiger partial charge in [0, 0.05) is 11.6 Å². The van der Waals surface area contributed by atoms with E-state index in [-0.39, 0.29) is 24.3 Å². The number of carbonyl (C=O) groups is 2. The van der Waals surface area contributed by atoms with Crippen LogP contribution < -0.4 is 9.47 Å². The summed E-state index contributed by atoms with van der Waals surface area (Å²) in [6, 6.07) is 9.34. The molecular formula is C20H20O6. The molecule has 2 aromatic carbocycles. The van der Waals surface area contributed by atoms with Gasteiger partial charge in [-0.25, -0.2) is 0 Å². The van der Waals surface area contributed by atoms with Gasteiger partial charge in [0.15, 0.2) is 5.78 Å². The number of esters is 1. The Morgan fingerprint density at radius 1 is 1.12 bits per heavy atom. The highest BCUT2D eigenvalue weighted by Gasteiger charge is 2.22. The number of rotatable bonds is 8. The molecule has 26 heavy (non-hydrogen) atoms. The number of methoxy groups -OCH3 is 2. The standard InChI is InChI=1S/C20H20O6/c1-4-9-26-16-10-14(11-18(22)25-3)19(17(21)12-16)20(23)13-5-7-15(24-2)8-6-13/h4-8,10,12,21H,1,9,11H2,2-3H3. The van der Waals surface area contributed by atoms with Gasteiger partial charge in [-0.05, 0) is 35.9 Å². The van der Waals surface area contributed by atoms with E-state index in [0.29, 0.717) is 22.6 Å². The van der Waals surface area contributed by atoms with E-state index < -0.39 is 11.8 Å². The Bertz CT molecular complexity index is 808. The van der Waals surface area contributed by atoms with Gasteiger partial charge in [-0.1, -0.05) is 12.7 Å². The molecule has 0 bridgehead atoms. The molecule has 0 aliphatic heterocycles. The van der Waals surface area contributed by atoms with Crippen LogP contribution in [0.4, 0.5) is 0 Å². The Labute approximate surface area is 151 Å². The molecule has 1 N–H and O–H groups in total. The van der Waals surface area contributed by atoms with Crippen LogP contribution in [-0.2, 0) is 16.0 Å². The zero-order chi connectivity index (χ0) is 19.1. The van der Waals surface area contributed by atoms with E-state index in [1.54, 1.807) is 30.3 Å². The molecule has 2 aromatic rings. The van der Waals surface area contributed by atoms with Crippen LogP contribution in [0.1, 0.15) is 21.5 Å². The second kappa shape index (κ2) is 8.71. The molecule has 0 saturated carbocycles. The van der Waals surface area contributed by atoms with E-state index in [4.69, 9.17) is 9.47 Å². The molecular weight excluding hydrogens is 336 g/mol. The van der Waals surface area contributed by atoms with Gasteiger partial charge in [-0.3, -0.25) is 9.59 Å². The van der Waals surface area contributed by atoms with Crippen molar-refractivity contribution in [2.45, 2.75) is 6.42 Å². The second-order valence-electron chi connectivity index (χ2n) is 5.39. The molecule has 0 saturated heterocycles. The van der Waals surface area contributed by atoms with Crippen LogP contribution in [0, 0.1) is 0 Å². The molecule has 0 fully saturated rings. The maximum atomic E-state index is 12.9. The number of carbonyl (C=O) groups excluding carboxylic acids is 2. The van der Waals surface area contributed by atoms with Crippen LogP contribution in [0.3, 0.4) is 0 Å². The first-order valence-electron chi connectivity index (χ1n) is 7.85. The molecule has 136 valence electrons. The Balaban J connectivity index is 2.47. The fourth-order valence-corrected chi connectivity index (χ4v) is 2.41. The Morgan fingerprint density at radius 2 is 1.81 bits per heavy atom. The zero-order valence-corrected chi connectivity index (χ0v) is 14.7. The van der Waals surface area contributed by atoms with Gasteiger partial charge in [0.1, 0.15) is 23.9 Å². The Hall–Kier alpha value is -3.28. The summed E-state index contributed by atoms with van der Waals surface area (Å²) in [6.07, 6.45) is 1.38. The lowest BCUT2D eigenvalue weighted by Crippen LogP contribution is -2.12. The summed E-state index contributed by atoms with van der Waals surface area (Å²) in [7, 11) is 2.78. The molecule has 0 aromatic heterocycles. The van der Waals surface area contributed by atoms with Crippen molar-refractivity contribution < 1.29 is 28.9 Å². The quantitative estimate of drug-likeness (QED) is 0.445. The minimum Gasteiger partial charge on any atom is -0.507 e. The summed E-state index contributed by atoms with van der Waals surface area (Å²) in [4.78, 5) is 24.6. The predicted molar refractivity (Wildman–Crippen MR) is 95.9 cm³/mol. The second-order valence-corrected chi connectivity index (χ2v) is 5.39. The van der Waals surface area contributed by atoms with Crippen molar-refractivity contribution in [1.82, 2.24) is 0 Å². The van der Waals surface area contributed by atoms with E-state index >= 15 is 0 Å². The number of phenolic OH excluding ortho intramolecular Hbond substituents is 1. The van der Waals surface area contributed by atoms with Crippen molar-refractivity contribution in [1.29, 1.82) is 0 Å². The Morgan fingerprint density at radius 3 is 2.38 bits per heavy atom. The maximum Gasteiger partial charge on any atom is 0.310 e. The third kappa shape index (κ3) is 4.42. The lowest BCUT2D eigenvalue weighted by Gasteiger charge is -2.13. The summed E-state index contributed by atoms with van der Waals surface area (Å²) >= 11 is 0. The number of hydrogen-bond acceptors (Lipinski definition) is 6. The van der Waals surface area contributed by atoms with Gasteiger partial charge in [-0.2, -0.15) is 0 Å². The van der Waals surface area contributed by atoms with Crippen molar-refractivity contribution in [2.75, 3.05) is 20.8 Å². The van der Waals surface area contributed by atoms with Crippen LogP contribution in [0.15, 0.2) is 49.1 Å². The molecule has 6 heteroatoms. The van der Waals surface area contributed by atoms with E-state index in [2.05, 4.69) is 11.3 Å². The summed E-state index contributed by atoms with van der Waals surface area (Å²) in [5, 5.41) is 10.4. The molecule has 0 unspecified atom stereocenters. The minimum absolute atomic E-state index is 0.0338. The van der Waals surface area contributed by atoms with E-state index in [1.165, 1.54) is 26.4 Å². The van der Waals surface area contributed by atoms with Crippen molar-refractivity contribution in [3.63, 3.8) is 0 Å². The number of hydrogen-bond donors (Lipinski definition) is 1. The third-order valence-corrected chi connectivity index (χ3v) is 3.68. The van der Waals surface area contributed by atoms with Crippen molar-refractivity contribution >= 4 is 11.8 Å². The van der Waals surface area contributed by atoms with Gasteiger partial charge in [-0.15, -0.1) is 0 Å². The van der Waals surface area contributed by atoms with E-state index in [1.807, 2.05) is 0 Å². The van der Waals surface area contributed by atoms with Crippen LogP contribution >= 0.6 is 0 Å². The molecule has 2 rings (SSSR count). The largest absolute Gasteiger partial charge is 0.507 e. The first kappa shape index (κ1) is 19.1. The monoisotopic (exact) mass is 356 g/mol. The molecule has 6 nitrogen and oxygen atoms in total. The highest BCUT2D eigenvalue weighted by Crippen LogP contribution is 2.31. The fourth-order valence-electron chi connectivity index (χ4n) is 2.41. The van der Waals surface area contributed by atoms with E-state index in [0.717, 1.165) is 0 Å². The van der Waals surface area contributed by atoms with Gasteiger partial charge in [0.2, 0.25) is 0 Å². The van der Waals surface area contributed by atoms with Gasteiger partial charge >= 0.3 is 5.97 Å². The lowest BCUT2D eigenvalue weighted by molar-refractivity contribution is -0.139. The van der Waals surface area contributed by atoms with Crippen molar-refractivity contribution in [3.05, 3.63) is 65.7 Å².